The zero-order valence-corrected chi connectivity index (χ0v) is 12.4. The van der Waals surface area contributed by atoms with Gasteiger partial charge in [0.15, 0.2) is 0 Å². The molecular formula is C13H24N2O2S. The molecule has 104 valence electrons. The fourth-order valence-electron chi connectivity index (χ4n) is 2.34. The number of nitrogens with zero attached hydrogens (tertiary/aromatic N) is 1. The lowest BCUT2D eigenvalue weighted by molar-refractivity contribution is -0.141. The van der Waals surface area contributed by atoms with Crippen LogP contribution in [0.25, 0.3) is 0 Å². The molecule has 1 atom stereocenters. The first kappa shape index (κ1) is 15.5. The first-order valence-corrected chi connectivity index (χ1v) is 8.13. The minimum absolute atomic E-state index is 0.0175. The maximum absolute atomic E-state index is 12.2. The maximum atomic E-state index is 12.2. The van der Waals surface area contributed by atoms with Crippen molar-refractivity contribution in [2.24, 2.45) is 0 Å². The summed E-state index contributed by atoms with van der Waals surface area (Å²) in [6.45, 7) is 4.85. The van der Waals surface area contributed by atoms with Gasteiger partial charge >= 0.3 is 0 Å². The van der Waals surface area contributed by atoms with Crippen molar-refractivity contribution < 1.29 is 9.59 Å². The smallest absolute Gasteiger partial charge is 0.247 e. The molecular weight excluding hydrogens is 248 g/mol. The number of hydrogen-bond acceptors (Lipinski definition) is 4. The fourth-order valence-corrected chi connectivity index (χ4v) is 2.77. The highest BCUT2D eigenvalue weighted by Crippen LogP contribution is 2.20. The number of rotatable bonds is 8. The third-order valence-corrected chi connectivity index (χ3v) is 4.10. The van der Waals surface area contributed by atoms with E-state index in [4.69, 9.17) is 0 Å². The average molecular weight is 272 g/mol. The van der Waals surface area contributed by atoms with Crippen LogP contribution in [-0.4, -0.2) is 47.4 Å². The lowest BCUT2D eigenvalue weighted by atomic mass is 10.1. The number of imide groups is 1. The number of amides is 2. The van der Waals surface area contributed by atoms with Crippen LogP contribution in [0.5, 0.6) is 0 Å². The van der Waals surface area contributed by atoms with Gasteiger partial charge in [-0.15, -0.1) is 0 Å². The number of hydrogen-bond donors (Lipinski definition) is 1. The summed E-state index contributed by atoms with van der Waals surface area (Å²) in [4.78, 5) is 25.6. The van der Waals surface area contributed by atoms with Crippen molar-refractivity contribution in [3.05, 3.63) is 0 Å². The van der Waals surface area contributed by atoms with Crippen molar-refractivity contribution in [3.63, 3.8) is 0 Å². The SMILES string of the molecule is CCC(CC)N1C(=O)CC(NCCCSC)C1=O. The van der Waals surface area contributed by atoms with Crippen LogP contribution < -0.4 is 5.32 Å². The topological polar surface area (TPSA) is 49.4 Å². The van der Waals surface area contributed by atoms with Gasteiger partial charge in [0.1, 0.15) is 0 Å². The van der Waals surface area contributed by atoms with Crippen molar-refractivity contribution in [2.75, 3.05) is 18.6 Å². The lowest BCUT2D eigenvalue weighted by Gasteiger charge is -2.24. The molecule has 0 saturated carbocycles. The molecule has 0 bridgehead atoms. The molecule has 1 unspecified atom stereocenters. The zero-order valence-electron chi connectivity index (χ0n) is 11.6. The molecule has 0 radical (unpaired) electrons. The zero-order chi connectivity index (χ0) is 13.5. The maximum Gasteiger partial charge on any atom is 0.247 e. The van der Waals surface area contributed by atoms with E-state index < -0.39 is 0 Å². The lowest BCUT2D eigenvalue weighted by Crippen LogP contribution is -2.43. The van der Waals surface area contributed by atoms with Crippen LogP contribution in [0.15, 0.2) is 0 Å². The normalized spacial score (nSPS) is 20.2. The molecule has 5 heteroatoms. The van der Waals surface area contributed by atoms with Gasteiger partial charge in [-0.3, -0.25) is 14.5 Å². The van der Waals surface area contributed by atoms with E-state index in [1.807, 2.05) is 13.8 Å². The molecule has 4 nitrogen and oxygen atoms in total. The highest BCUT2D eigenvalue weighted by molar-refractivity contribution is 7.98. The first-order valence-electron chi connectivity index (χ1n) is 6.73. The standard InChI is InChI=1S/C13H24N2O2S/c1-4-10(5-2)15-12(16)9-11(13(15)17)14-7-6-8-18-3/h10-11,14H,4-9H2,1-3H3. The highest BCUT2D eigenvalue weighted by Gasteiger charge is 2.40. The fraction of sp³-hybridized carbons (Fsp3) is 0.846. The molecule has 1 aliphatic heterocycles. The van der Waals surface area contributed by atoms with E-state index in [1.165, 1.54) is 4.90 Å². The van der Waals surface area contributed by atoms with Gasteiger partial charge < -0.3 is 5.32 Å². The Morgan fingerprint density at radius 1 is 1.39 bits per heavy atom. The summed E-state index contributed by atoms with van der Waals surface area (Å²) in [7, 11) is 0. The Balaban J connectivity index is 2.50. The number of nitrogens with one attached hydrogen (secondary N) is 1. The van der Waals surface area contributed by atoms with Crippen LogP contribution in [0.4, 0.5) is 0 Å². The molecule has 2 amide bonds. The second-order valence-corrected chi connectivity index (χ2v) is 5.62. The summed E-state index contributed by atoms with van der Waals surface area (Å²) in [6, 6.07) is -0.219. The van der Waals surface area contributed by atoms with E-state index in [1.54, 1.807) is 11.8 Å². The Kier molecular flexibility index (Phi) is 6.71. The van der Waals surface area contributed by atoms with Crippen molar-refractivity contribution in [1.29, 1.82) is 0 Å². The summed E-state index contributed by atoms with van der Waals surface area (Å²) in [5, 5.41) is 3.20. The second kappa shape index (κ2) is 7.79. The molecule has 1 aliphatic rings. The Morgan fingerprint density at radius 3 is 2.61 bits per heavy atom. The number of carbonyl (C=O) groups is 2. The van der Waals surface area contributed by atoms with Crippen molar-refractivity contribution in [1.82, 2.24) is 10.2 Å². The van der Waals surface area contributed by atoms with Crippen LogP contribution >= 0.6 is 11.8 Å². The molecule has 1 fully saturated rings. The summed E-state index contributed by atoms with van der Waals surface area (Å²) in [5.41, 5.74) is 0. The summed E-state index contributed by atoms with van der Waals surface area (Å²) in [6.07, 6.45) is 5.11. The van der Waals surface area contributed by atoms with Crippen LogP contribution in [0.2, 0.25) is 0 Å². The minimum atomic E-state index is -0.292. The van der Waals surface area contributed by atoms with Gasteiger partial charge in [0.25, 0.3) is 0 Å². The average Bonchev–Trinajstić information content (AvgIpc) is 2.64. The van der Waals surface area contributed by atoms with Crippen LogP contribution in [0.3, 0.4) is 0 Å². The van der Waals surface area contributed by atoms with E-state index in [-0.39, 0.29) is 23.9 Å². The Bertz CT molecular complexity index is 293. The molecule has 0 aliphatic carbocycles. The van der Waals surface area contributed by atoms with Crippen LogP contribution in [-0.2, 0) is 9.59 Å². The van der Waals surface area contributed by atoms with Gasteiger partial charge in [-0.2, -0.15) is 11.8 Å². The largest absolute Gasteiger partial charge is 0.305 e. The van der Waals surface area contributed by atoms with Crippen molar-refractivity contribution >= 4 is 23.6 Å². The van der Waals surface area contributed by atoms with Gasteiger partial charge in [-0.25, -0.2) is 0 Å². The molecule has 18 heavy (non-hydrogen) atoms. The molecule has 0 aromatic heterocycles. The van der Waals surface area contributed by atoms with Gasteiger partial charge in [-0.1, -0.05) is 13.8 Å². The monoisotopic (exact) mass is 272 g/mol. The van der Waals surface area contributed by atoms with Crippen molar-refractivity contribution in [2.45, 2.75) is 51.6 Å². The summed E-state index contributed by atoms with van der Waals surface area (Å²) >= 11 is 1.80. The van der Waals surface area contributed by atoms with Gasteiger partial charge in [0, 0.05) is 6.04 Å². The molecule has 0 aromatic carbocycles. The number of likely N-dealkylation sites (tertiary alicyclic amines) is 1. The van der Waals surface area contributed by atoms with Crippen LogP contribution in [0.1, 0.15) is 39.5 Å². The van der Waals surface area contributed by atoms with Crippen molar-refractivity contribution in [3.8, 4) is 0 Å². The highest BCUT2D eigenvalue weighted by atomic mass is 32.2. The Hall–Kier alpha value is -0.550. The predicted octanol–water partition coefficient (Wildman–Crippen LogP) is 1.65. The molecule has 1 rings (SSSR count). The molecule has 0 aromatic rings. The minimum Gasteiger partial charge on any atom is -0.305 e. The molecule has 1 saturated heterocycles. The molecule has 1 N–H and O–H groups in total. The first-order chi connectivity index (χ1) is 8.65. The summed E-state index contributed by atoms with van der Waals surface area (Å²) in [5.74, 6) is 1.03. The van der Waals surface area contributed by atoms with Gasteiger partial charge in [0.05, 0.1) is 12.5 Å². The van der Waals surface area contributed by atoms with E-state index in [0.717, 1.165) is 31.6 Å². The van der Waals surface area contributed by atoms with Gasteiger partial charge in [0.2, 0.25) is 11.8 Å². The third-order valence-electron chi connectivity index (χ3n) is 3.41. The number of carbonyl (C=O) groups excluding carboxylic acids is 2. The Labute approximate surface area is 114 Å². The second-order valence-electron chi connectivity index (χ2n) is 4.63. The Morgan fingerprint density at radius 2 is 2.06 bits per heavy atom. The third kappa shape index (κ3) is 3.72. The van der Waals surface area contributed by atoms with E-state index in [2.05, 4.69) is 11.6 Å². The molecule has 0 spiro atoms. The number of thioether (sulfide) groups is 1. The van der Waals surface area contributed by atoms with E-state index in [0.29, 0.717) is 6.42 Å². The van der Waals surface area contributed by atoms with Gasteiger partial charge in [-0.05, 0) is 37.8 Å². The summed E-state index contributed by atoms with van der Waals surface area (Å²) < 4.78 is 0. The van der Waals surface area contributed by atoms with E-state index >= 15 is 0 Å². The van der Waals surface area contributed by atoms with Crippen LogP contribution in [0, 0.1) is 0 Å². The van der Waals surface area contributed by atoms with E-state index in [9.17, 15) is 9.59 Å². The predicted molar refractivity (Wildman–Crippen MR) is 75.6 cm³/mol. The molecule has 1 heterocycles. The quantitative estimate of drug-likeness (QED) is 0.539.